The maximum absolute atomic E-state index is 9.99. The quantitative estimate of drug-likeness (QED) is 0.127. The van der Waals surface area contributed by atoms with Crippen molar-refractivity contribution in [3.8, 4) is 23.5 Å². The molecule has 0 spiro atoms. The van der Waals surface area contributed by atoms with Gasteiger partial charge in [-0.2, -0.15) is 10.5 Å². The number of rotatable bonds is 6. The van der Waals surface area contributed by atoms with E-state index in [1.807, 2.05) is 30.3 Å². The zero-order chi connectivity index (χ0) is 36.9. The number of fused-ring (bicyclic) bond motifs is 6. The zero-order valence-corrected chi connectivity index (χ0v) is 30.8. The molecule has 2 aromatic heterocycles. The van der Waals surface area contributed by atoms with Crippen LogP contribution in [-0.4, -0.2) is 17.2 Å². The van der Waals surface area contributed by atoms with Gasteiger partial charge in [-0.05, 0) is 93.5 Å². The summed E-state index contributed by atoms with van der Waals surface area (Å²) in [5.74, 6) is 0. The van der Waals surface area contributed by atoms with E-state index in [9.17, 15) is 10.5 Å². The molecule has 256 valence electrons. The van der Waals surface area contributed by atoms with Gasteiger partial charge in [-0.1, -0.05) is 121 Å². The van der Waals surface area contributed by atoms with Gasteiger partial charge in [0, 0.05) is 32.9 Å². The first-order valence-corrected chi connectivity index (χ1v) is 20.4. The van der Waals surface area contributed by atoms with E-state index in [4.69, 9.17) is 0 Å². The molecule has 2 heterocycles. The molecule has 0 radical (unpaired) electrons. The van der Waals surface area contributed by atoms with Crippen molar-refractivity contribution >= 4 is 72.4 Å². The highest BCUT2D eigenvalue weighted by atomic mass is 28.3. The number of hydrogen-bond donors (Lipinski definition) is 0. The molecule has 10 rings (SSSR count). The van der Waals surface area contributed by atoms with E-state index in [-0.39, 0.29) is 0 Å². The van der Waals surface area contributed by atoms with Gasteiger partial charge in [-0.25, -0.2) is 0 Å². The van der Waals surface area contributed by atoms with Crippen LogP contribution in [0.4, 0.5) is 0 Å². The zero-order valence-electron chi connectivity index (χ0n) is 29.8. The van der Waals surface area contributed by atoms with Crippen molar-refractivity contribution in [1.82, 2.24) is 9.13 Å². The van der Waals surface area contributed by atoms with E-state index in [1.54, 1.807) is 0 Å². The van der Waals surface area contributed by atoms with Crippen LogP contribution in [0.5, 0.6) is 0 Å². The van der Waals surface area contributed by atoms with Crippen LogP contribution in [0, 0.1) is 22.7 Å². The minimum atomic E-state index is -2.94. The van der Waals surface area contributed by atoms with Crippen LogP contribution in [0.2, 0.25) is 0 Å². The maximum atomic E-state index is 9.99. The molecule has 55 heavy (non-hydrogen) atoms. The molecule has 0 unspecified atom stereocenters. The van der Waals surface area contributed by atoms with Gasteiger partial charge < -0.3 is 9.13 Å². The molecule has 0 N–H and O–H groups in total. The van der Waals surface area contributed by atoms with Crippen LogP contribution >= 0.6 is 0 Å². The fraction of sp³-hybridized carbons (Fsp3) is 0. The summed E-state index contributed by atoms with van der Waals surface area (Å²) in [7, 11) is -2.94. The van der Waals surface area contributed by atoms with Gasteiger partial charge in [0.1, 0.15) is 0 Å². The third kappa shape index (κ3) is 4.96. The molecule has 0 saturated heterocycles. The highest BCUT2D eigenvalue weighted by molar-refractivity contribution is 7.20. The van der Waals surface area contributed by atoms with Crippen molar-refractivity contribution in [2.24, 2.45) is 0 Å². The lowest BCUT2D eigenvalue weighted by atomic mass is 10.1. The predicted octanol–water partition coefficient (Wildman–Crippen LogP) is 9.00. The number of aromatic nitrogens is 2. The summed E-state index contributed by atoms with van der Waals surface area (Å²) in [4.78, 5) is 0. The van der Waals surface area contributed by atoms with Gasteiger partial charge in [-0.15, -0.1) is 0 Å². The molecule has 4 nitrogen and oxygen atoms in total. The third-order valence-electron chi connectivity index (χ3n) is 11.1. The Morgan fingerprint density at radius 1 is 0.327 bits per heavy atom. The average molecular weight is 717 g/mol. The molecule has 8 aromatic carbocycles. The topological polar surface area (TPSA) is 57.4 Å². The summed E-state index contributed by atoms with van der Waals surface area (Å²) in [6.45, 7) is 0. The Balaban J connectivity index is 1.25. The van der Waals surface area contributed by atoms with Gasteiger partial charge in [-0.3, -0.25) is 0 Å². The fourth-order valence-electron chi connectivity index (χ4n) is 8.74. The Bertz CT molecular complexity index is 3110. The van der Waals surface area contributed by atoms with E-state index in [1.165, 1.54) is 20.7 Å². The number of para-hydroxylation sites is 2. The molecular formula is C50H32N4Si. The summed E-state index contributed by atoms with van der Waals surface area (Å²) >= 11 is 0. The first-order chi connectivity index (χ1) is 27.2. The number of benzene rings is 8. The second-order valence-corrected chi connectivity index (χ2v) is 17.8. The van der Waals surface area contributed by atoms with E-state index < -0.39 is 8.07 Å². The van der Waals surface area contributed by atoms with Gasteiger partial charge in [0.2, 0.25) is 0 Å². The van der Waals surface area contributed by atoms with Crippen molar-refractivity contribution in [3.63, 3.8) is 0 Å². The maximum Gasteiger partial charge on any atom is 0.179 e. The minimum absolute atomic E-state index is 0.643. The van der Waals surface area contributed by atoms with E-state index in [0.29, 0.717) is 11.1 Å². The number of hydrogen-bond acceptors (Lipinski definition) is 2. The average Bonchev–Trinajstić information content (AvgIpc) is 3.77. The largest absolute Gasteiger partial charge is 0.309 e. The van der Waals surface area contributed by atoms with E-state index in [2.05, 4.69) is 185 Å². The van der Waals surface area contributed by atoms with Gasteiger partial charge >= 0.3 is 0 Å². The fourth-order valence-corrected chi connectivity index (χ4v) is 13.5. The molecule has 0 aliphatic heterocycles. The van der Waals surface area contributed by atoms with Crippen molar-refractivity contribution in [3.05, 3.63) is 205 Å². The van der Waals surface area contributed by atoms with Gasteiger partial charge in [0.15, 0.2) is 8.07 Å². The second kappa shape index (κ2) is 12.9. The Morgan fingerprint density at radius 2 is 0.727 bits per heavy atom. The predicted molar refractivity (Wildman–Crippen MR) is 228 cm³/mol. The lowest BCUT2D eigenvalue weighted by Gasteiger charge is -2.34. The highest BCUT2D eigenvalue weighted by Crippen LogP contribution is 2.34. The molecule has 0 fully saturated rings. The SMILES string of the molecule is N#Cc1ccc2c(c1)c1ccccc1n2-c1ccc([Si](c2ccccc2)(c2ccccc2)c2ccc3c(c2)c2cc(C#N)ccc2n3-c2ccccc2)cc1. The summed E-state index contributed by atoms with van der Waals surface area (Å²) in [6.07, 6.45) is 0. The minimum Gasteiger partial charge on any atom is -0.309 e. The molecule has 0 aliphatic rings. The Labute approximate surface area is 319 Å². The monoisotopic (exact) mass is 716 g/mol. The van der Waals surface area contributed by atoms with Crippen molar-refractivity contribution in [2.75, 3.05) is 0 Å². The van der Waals surface area contributed by atoms with Crippen molar-refractivity contribution in [1.29, 1.82) is 10.5 Å². The van der Waals surface area contributed by atoms with Crippen molar-refractivity contribution < 1.29 is 0 Å². The lowest BCUT2D eigenvalue weighted by molar-refractivity contribution is 1.18. The molecule has 0 bridgehead atoms. The summed E-state index contributed by atoms with van der Waals surface area (Å²) in [6, 6.07) is 73.7. The molecule has 0 aliphatic carbocycles. The van der Waals surface area contributed by atoms with Crippen LogP contribution in [0.25, 0.3) is 55.0 Å². The van der Waals surface area contributed by atoms with Crippen molar-refractivity contribution in [2.45, 2.75) is 0 Å². The van der Waals surface area contributed by atoms with Crippen LogP contribution in [0.1, 0.15) is 11.1 Å². The van der Waals surface area contributed by atoms with E-state index in [0.717, 1.165) is 55.0 Å². The Kier molecular flexibility index (Phi) is 7.56. The summed E-state index contributed by atoms with van der Waals surface area (Å²) in [5, 5.41) is 29.2. The second-order valence-electron chi connectivity index (χ2n) is 14.0. The first kappa shape index (κ1) is 32.2. The van der Waals surface area contributed by atoms with Crippen LogP contribution in [-0.2, 0) is 0 Å². The van der Waals surface area contributed by atoms with Gasteiger partial charge in [0.25, 0.3) is 0 Å². The van der Waals surface area contributed by atoms with Crippen LogP contribution in [0.15, 0.2) is 194 Å². The molecule has 0 atom stereocenters. The number of nitriles is 2. The smallest absolute Gasteiger partial charge is 0.179 e. The van der Waals surface area contributed by atoms with E-state index >= 15 is 0 Å². The highest BCUT2D eigenvalue weighted by Gasteiger charge is 2.41. The molecule has 10 aromatic rings. The molecule has 0 amide bonds. The molecule has 5 heteroatoms. The van der Waals surface area contributed by atoms with Gasteiger partial charge in [0.05, 0.1) is 45.3 Å². The van der Waals surface area contributed by atoms with Crippen LogP contribution < -0.4 is 20.7 Å². The number of nitrogens with zero attached hydrogens (tertiary/aromatic N) is 4. The molecule has 0 saturated carbocycles. The normalized spacial score (nSPS) is 11.6. The lowest BCUT2D eigenvalue weighted by Crippen LogP contribution is -2.74. The Hall–Kier alpha value is -7.44. The summed E-state index contributed by atoms with van der Waals surface area (Å²) < 4.78 is 4.62. The molecular weight excluding hydrogens is 685 g/mol. The Morgan fingerprint density at radius 3 is 1.29 bits per heavy atom. The third-order valence-corrected chi connectivity index (χ3v) is 15.9. The van der Waals surface area contributed by atoms with Crippen LogP contribution in [0.3, 0.4) is 0 Å². The first-order valence-electron chi connectivity index (χ1n) is 18.4. The standard InChI is InChI=1S/C50H32N4Si/c51-33-35-20-27-48-44(30-35)43-18-10-11-19-47(43)54(48)38-22-24-41(25-23-38)55(39-14-6-2-7-15-39,40-16-8-3-9-17-40)42-26-29-50-46(32-42)45-31-36(34-52)21-28-49(45)53(50)37-12-4-1-5-13-37/h1-32H. The summed E-state index contributed by atoms with van der Waals surface area (Å²) in [5.41, 5.74) is 7.79.